The van der Waals surface area contributed by atoms with Gasteiger partial charge in [-0.25, -0.2) is 0 Å². The molecule has 0 atom stereocenters. The Kier molecular flexibility index (Phi) is 2.94. The van der Waals surface area contributed by atoms with E-state index in [1.165, 1.54) is 0 Å². The van der Waals surface area contributed by atoms with Crippen molar-refractivity contribution in [3.8, 4) is 17.2 Å². The van der Waals surface area contributed by atoms with E-state index >= 15 is 0 Å². The monoisotopic (exact) mass is 265 g/mol. The van der Waals surface area contributed by atoms with E-state index in [0.717, 1.165) is 5.56 Å². The zero-order valence-corrected chi connectivity index (χ0v) is 10.6. The predicted molar refractivity (Wildman–Crippen MR) is 65.5 cm³/mol. The molecule has 1 aromatic rings. The van der Waals surface area contributed by atoms with Gasteiger partial charge in [0.15, 0.2) is 11.5 Å². The minimum Gasteiger partial charge on any atom is -0.493 e. The molecule has 102 valence electrons. The van der Waals surface area contributed by atoms with E-state index in [0.29, 0.717) is 36.9 Å². The first kappa shape index (κ1) is 12.1. The lowest BCUT2D eigenvalue weighted by Crippen LogP contribution is -2.49. The number of methoxy groups -OCH3 is 1. The van der Waals surface area contributed by atoms with Crippen LogP contribution in [0.2, 0.25) is 0 Å². The smallest absolute Gasteiger partial charge is 0.309 e. The van der Waals surface area contributed by atoms with Gasteiger partial charge in [-0.2, -0.15) is 0 Å². The standard InChI is InChI=1S/C13H15NO5/c1-17-10-2-8(3-11-12(10)19-7-18-11)4-14-5-9(6-14)13(15)16/h2-3,9H,4-7H2,1H3,(H,15,16). The van der Waals surface area contributed by atoms with Crippen LogP contribution in [0, 0.1) is 5.92 Å². The van der Waals surface area contributed by atoms with E-state index in [-0.39, 0.29) is 12.7 Å². The zero-order chi connectivity index (χ0) is 13.4. The molecule has 0 spiro atoms. The lowest BCUT2D eigenvalue weighted by molar-refractivity contribution is -0.147. The van der Waals surface area contributed by atoms with Gasteiger partial charge in [-0.1, -0.05) is 0 Å². The van der Waals surface area contributed by atoms with E-state index < -0.39 is 5.97 Å². The van der Waals surface area contributed by atoms with Crippen LogP contribution in [0.4, 0.5) is 0 Å². The third-order valence-corrected chi connectivity index (χ3v) is 3.43. The maximum atomic E-state index is 10.8. The molecule has 0 aliphatic carbocycles. The summed E-state index contributed by atoms with van der Waals surface area (Å²) in [6, 6.07) is 3.82. The summed E-state index contributed by atoms with van der Waals surface area (Å²) in [5.74, 6) is 1.01. The summed E-state index contributed by atoms with van der Waals surface area (Å²) < 4.78 is 16.0. The first-order valence-corrected chi connectivity index (χ1v) is 6.09. The fourth-order valence-corrected chi connectivity index (χ4v) is 2.39. The summed E-state index contributed by atoms with van der Waals surface area (Å²) in [4.78, 5) is 12.8. The first-order valence-electron chi connectivity index (χ1n) is 6.09. The van der Waals surface area contributed by atoms with Crippen LogP contribution in [0.1, 0.15) is 5.56 Å². The molecule has 1 N–H and O–H groups in total. The molecule has 0 radical (unpaired) electrons. The number of nitrogens with zero attached hydrogens (tertiary/aromatic N) is 1. The molecule has 6 heteroatoms. The van der Waals surface area contributed by atoms with Crippen LogP contribution in [0.15, 0.2) is 12.1 Å². The quantitative estimate of drug-likeness (QED) is 0.874. The fourth-order valence-electron chi connectivity index (χ4n) is 2.39. The molecular formula is C13H15NO5. The van der Waals surface area contributed by atoms with Gasteiger partial charge in [0.25, 0.3) is 0 Å². The molecule has 19 heavy (non-hydrogen) atoms. The summed E-state index contributed by atoms with van der Waals surface area (Å²) >= 11 is 0. The molecular weight excluding hydrogens is 250 g/mol. The van der Waals surface area contributed by atoms with E-state index in [2.05, 4.69) is 4.90 Å². The number of carboxylic acids is 1. The van der Waals surface area contributed by atoms with Crippen molar-refractivity contribution >= 4 is 5.97 Å². The second-order valence-electron chi connectivity index (χ2n) is 4.76. The van der Waals surface area contributed by atoms with E-state index in [1.807, 2.05) is 12.1 Å². The Labute approximate surface area is 110 Å². The van der Waals surface area contributed by atoms with Gasteiger partial charge in [0.1, 0.15) is 0 Å². The van der Waals surface area contributed by atoms with Crippen molar-refractivity contribution in [2.24, 2.45) is 5.92 Å². The number of carbonyl (C=O) groups is 1. The lowest BCUT2D eigenvalue weighted by atomic mass is 9.99. The summed E-state index contributed by atoms with van der Waals surface area (Å²) in [6.45, 7) is 2.08. The summed E-state index contributed by atoms with van der Waals surface area (Å²) in [5.41, 5.74) is 1.03. The molecule has 0 unspecified atom stereocenters. The Morgan fingerprint density at radius 1 is 1.47 bits per heavy atom. The molecule has 0 amide bonds. The Morgan fingerprint density at radius 2 is 2.26 bits per heavy atom. The minimum absolute atomic E-state index is 0.208. The number of benzene rings is 1. The van der Waals surface area contributed by atoms with Crippen LogP contribution < -0.4 is 14.2 Å². The van der Waals surface area contributed by atoms with Gasteiger partial charge in [-0.05, 0) is 17.7 Å². The number of ether oxygens (including phenoxy) is 3. The molecule has 3 rings (SSSR count). The third-order valence-electron chi connectivity index (χ3n) is 3.43. The first-order chi connectivity index (χ1) is 9.17. The Morgan fingerprint density at radius 3 is 2.95 bits per heavy atom. The van der Waals surface area contributed by atoms with Crippen molar-refractivity contribution in [3.63, 3.8) is 0 Å². The largest absolute Gasteiger partial charge is 0.493 e. The van der Waals surface area contributed by atoms with Crippen LogP contribution in [0.25, 0.3) is 0 Å². The topological polar surface area (TPSA) is 68.2 Å². The lowest BCUT2D eigenvalue weighted by Gasteiger charge is -2.36. The van der Waals surface area contributed by atoms with Gasteiger partial charge < -0.3 is 19.3 Å². The van der Waals surface area contributed by atoms with Gasteiger partial charge in [0.2, 0.25) is 12.5 Å². The SMILES string of the molecule is COc1cc(CN2CC(C(=O)O)C2)cc2c1OCO2. The minimum atomic E-state index is -0.723. The number of likely N-dealkylation sites (tertiary alicyclic amines) is 1. The highest BCUT2D eigenvalue weighted by molar-refractivity contribution is 5.71. The Balaban J connectivity index is 1.71. The van der Waals surface area contributed by atoms with Crippen LogP contribution >= 0.6 is 0 Å². The molecule has 0 bridgehead atoms. The molecule has 1 aromatic carbocycles. The van der Waals surface area contributed by atoms with Gasteiger partial charge >= 0.3 is 5.97 Å². The van der Waals surface area contributed by atoms with Crippen molar-refractivity contribution in [2.75, 3.05) is 27.0 Å². The van der Waals surface area contributed by atoms with Crippen molar-refractivity contribution in [1.82, 2.24) is 4.90 Å². The second-order valence-corrected chi connectivity index (χ2v) is 4.76. The Bertz CT molecular complexity index is 510. The molecule has 2 aliphatic heterocycles. The molecule has 2 heterocycles. The summed E-state index contributed by atoms with van der Waals surface area (Å²) in [7, 11) is 1.59. The van der Waals surface area contributed by atoms with Crippen LogP contribution in [-0.2, 0) is 11.3 Å². The van der Waals surface area contributed by atoms with E-state index in [9.17, 15) is 4.79 Å². The van der Waals surface area contributed by atoms with Gasteiger partial charge in [-0.15, -0.1) is 0 Å². The summed E-state index contributed by atoms with van der Waals surface area (Å²) in [5, 5.41) is 8.84. The highest BCUT2D eigenvalue weighted by Gasteiger charge is 2.32. The molecule has 0 aromatic heterocycles. The highest BCUT2D eigenvalue weighted by Crippen LogP contribution is 2.42. The number of rotatable bonds is 4. The van der Waals surface area contributed by atoms with Crippen molar-refractivity contribution in [3.05, 3.63) is 17.7 Å². The number of aliphatic carboxylic acids is 1. The van der Waals surface area contributed by atoms with E-state index in [1.54, 1.807) is 7.11 Å². The maximum absolute atomic E-state index is 10.8. The number of hydrogen-bond donors (Lipinski definition) is 1. The Hall–Kier alpha value is -1.95. The summed E-state index contributed by atoms with van der Waals surface area (Å²) in [6.07, 6.45) is 0. The van der Waals surface area contributed by atoms with Crippen molar-refractivity contribution < 1.29 is 24.1 Å². The second kappa shape index (κ2) is 4.62. The molecule has 1 saturated heterocycles. The molecule has 0 saturated carbocycles. The predicted octanol–water partition coefficient (Wildman–Crippen LogP) is 0.940. The molecule has 1 fully saturated rings. The number of fused-ring (bicyclic) bond motifs is 1. The maximum Gasteiger partial charge on any atom is 0.309 e. The average molecular weight is 265 g/mol. The number of carboxylic acid groups (broad SMARTS) is 1. The van der Waals surface area contributed by atoms with Gasteiger partial charge in [0, 0.05) is 19.6 Å². The highest BCUT2D eigenvalue weighted by atomic mass is 16.7. The van der Waals surface area contributed by atoms with Crippen molar-refractivity contribution in [2.45, 2.75) is 6.54 Å². The fraction of sp³-hybridized carbons (Fsp3) is 0.462. The normalized spacial score (nSPS) is 18.2. The van der Waals surface area contributed by atoms with Gasteiger partial charge in [0.05, 0.1) is 13.0 Å². The van der Waals surface area contributed by atoms with Crippen molar-refractivity contribution in [1.29, 1.82) is 0 Å². The van der Waals surface area contributed by atoms with Crippen LogP contribution in [-0.4, -0.2) is 43.0 Å². The average Bonchev–Trinajstić information content (AvgIpc) is 2.79. The van der Waals surface area contributed by atoms with Crippen LogP contribution in [0.5, 0.6) is 17.2 Å². The molecule has 6 nitrogen and oxygen atoms in total. The number of hydrogen-bond acceptors (Lipinski definition) is 5. The van der Waals surface area contributed by atoms with E-state index in [4.69, 9.17) is 19.3 Å². The molecule has 2 aliphatic rings. The van der Waals surface area contributed by atoms with Gasteiger partial charge in [-0.3, -0.25) is 9.69 Å². The zero-order valence-electron chi connectivity index (χ0n) is 10.6. The third kappa shape index (κ3) is 2.19. The van der Waals surface area contributed by atoms with Crippen LogP contribution in [0.3, 0.4) is 0 Å².